The maximum atomic E-state index is 6.22. The second kappa shape index (κ2) is 11.2. The molecule has 0 radical (unpaired) electrons. The highest BCUT2D eigenvalue weighted by atomic mass is 16.5. The summed E-state index contributed by atoms with van der Waals surface area (Å²) in [6.45, 7) is 10.8. The van der Waals surface area contributed by atoms with Crippen molar-refractivity contribution in [2.75, 3.05) is 26.3 Å². The van der Waals surface area contributed by atoms with Gasteiger partial charge in [-0.2, -0.15) is 0 Å². The molecule has 1 saturated heterocycles. The van der Waals surface area contributed by atoms with Crippen LogP contribution < -0.4 is 15.4 Å². The predicted molar refractivity (Wildman–Crippen MR) is 133 cm³/mol. The maximum Gasteiger partial charge on any atom is 0.191 e. The third-order valence-corrected chi connectivity index (χ3v) is 5.85. The van der Waals surface area contributed by atoms with E-state index in [2.05, 4.69) is 77.4 Å². The molecule has 0 aliphatic carbocycles. The number of rotatable bonds is 9. The average molecular weight is 450 g/mol. The monoisotopic (exact) mass is 449 g/mol. The Bertz CT molecular complexity index is 1090. The number of benzene rings is 2. The van der Waals surface area contributed by atoms with Crippen molar-refractivity contribution in [3.05, 3.63) is 59.4 Å². The normalized spacial score (nSPS) is 16.3. The molecule has 1 aliphatic rings. The van der Waals surface area contributed by atoms with E-state index in [1.54, 1.807) is 0 Å². The van der Waals surface area contributed by atoms with Crippen molar-refractivity contribution in [3.63, 3.8) is 0 Å². The van der Waals surface area contributed by atoms with Crippen LogP contribution in [0.3, 0.4) is 0 Å². The van der Waals surface area contributed by atoms with E-state index in [0.29, 0.717) is 13.2 Å². The van der Waals surface area contributed by atoms with Crippen molar-refractivity contribution in [3.8, 4) is 5.75 Å². The molecule has 1 aliphatic heterocycles. The lowest BCUT2D eigenvalue weighted by atomic mass is 10.1. The van der Waals surface area contributed by atoms with E-state index >= 15 is 0 Å². The molecule has 0 spiro atoms. The number of hydrogen-bond donors (Lipinski definition) is 2. The Morgan fingerprint density at radius 2 is 2.09 bits per heavy atom. The van der Waals surface area contributed by atoms with Crippen molar-refractivity contribution in [1.29, 1.82) is 0 Å². The smallest absolute Gasteiger partial charge is 0.191 e. The van der Waals surface area contributed by atoms with Gasteiger partial charge in [0.25, 0.3) is 0 Å². The van der Waals surface area contributed by atoms with Crippen LogP contribution in [0.2, 0.25) is 0 Å². The van der Waals surface area contributed by atoms with E-state index in [-0.39, 0.29) is 6.10 Å². The number of para-hydroxylation sites is 2. The number of ether oxygens (including phenoxy) is 2. The minimum Gasteiger partial charge on any atom is -0.488 e. The lowest BCUT2D eigenvalue weighted by molar-refractivity contribution is 0.140. The standard InChI is InChI=1S/C26H35N5O2/c1-4-27-26(28-13-7-14-31-20(3)30-23-8-5-6-9-24(23)31)29-17-21-11-10-19(2)16-25(21)33-22-12-15-32-18-22/h5-6,8-11,16,22H,4,7,12-15,17-18H2,1-3H3,(H2,27,28,29). The molecule has 4 rings (SSSR count). The van der Waals surface area contributed by atoms with Gasteiger partial charge >= 0.3 is 0 Å². The van der Waals surface area contributed by atoms with Crippen LogP contribution in [-0.2, 0) is 17.8 Å². The first-order chi connectivity index (χ1) is 16.1. The van der Waals surface area contributed by atoms with Crippen LogP contribution >= 0.6 is 0 Å². The summed E-state index contributed by atoms with van der Waals surface area (Å²) in [6.07, 6.45) is 2.04. The molecule has 0 bridgehead atoms. The fourth-order valence-electron chi connectivity index (χ4n) is 4.12. The van der Waals surface area contributed by atoms with E-state index in [0.717, 1.165) is 67.7 Å². The number of nitrogens with zero attached hydrogens (tertiary/aromatic N) is 3. The topological polar surface area (TPSA) is 72.7 Å². The van der Waals surface area contributed by atoms with Gasteiger partial charge in [-0.05, 0) is 51.0 Å². The minimum absolute atomic E-state index is 0.128. The molecule has 1 atom stereocenters. The van der Waals surface area contributed by atoms with Crippen molar-refractivity contribution in [2.24, 2.45) is 4.99 Å². The van der Waals surface area contributed by atoms with Crippen LogP contribution in [0.5, 0.6) is 5.75 Å². The van der Waals surface area contributed by atoms with Gasteiger partial charge in [-0.1, -0.05) is 24.3 Å². The fraction of sp³-hybridized carbons (Fsp3) is 0.462. The number of fused-ring (bicyclic) bond motifs is 1. The molecule has 2 aromatic carbocycles. The molecule has 176 valence electrons. The quantitative estimate of drug-likeness (QED) is 0.294. The second-order valence-corrected chi connectivity index (χ2v) is 8.49. The first-order valence-corrected chi connectivity index (χ1v) is 11.9. The average Bonchev–Trinajstić information content (AvgIpc) is 3.43. The SMILES string of the molecule is CCNC(=NCc1ccc(C)cc1OC1CCOC1)NCCCn1c(C)nc2ccccc21. The fourth-order valence-corrected chi connectivity index (χ4v) is 4.12. The van der Waals surface area contributed by atoms with Crippen molar-refractivity contribution >= 4 is 17.0 Å². The van der Waals surface area contributed by atoms with Gasteiger partial charge < -0.3 is 24.7 Å². The Kier molecular flexibility index (Phi) is 7.83. The van der Waals surface area contributed by atoms with Crippen molar-refractivity contribution in [1.82, 2.24) is 20.2 Å². The zero-order chi connectivity index (χ0) is 23.0. The number of aliphatic imine (C=N–C) groups is 1. The third kappa shape index (κ3) is 6.05. The number of guanidine groups is 1. The Hall–Kier alpha value is -3.06. The predicted octanol–water partition coefficient (Wildman–Crippen LogP) is 3.97. The van der Waals surface area contributed by atoms with Crippen LogP contribution in [0.15, 0.2) is 47.5 Å². The van der Waals surface area contributed by atoms with Crippen LogP contribution in [0.25, 0.3) is 11.0 Å². The highest BCUT2D eigenvalue weighted by Gasteiger charge is 2.18. The van der Waals surface area contributed by atoms with Gasteiger partial charge in [0.1, 0.15) is 17.7 Å². The van der Waals surface area contributed by atoms with Crippen LogP contribution in [0.1, 0.15) is 36.7 Å². The number of aromatic nitrogens is 2. The number of aryl methyl sites for hydroxylation is 3. The van der Waals surface area contributed by atoms with Crippen LogP contribution in [-0.4, -0.2) is 47.9 Å². The molecule has 1 aromatic heterocycles. The van der Waals surface area contributed by atoms with Crippen molar-refractivity contribution < 1.29 is 9.47 Å². The molecule has 7 heteroatoms. The molecule has 2 heterocycles. The van der Waals surface area contributed by atoms with Crippen LogP contribution in [0, 0.1) is 13.8 Å². The van der Waals surface area contributed by atoms with E-state index < -0.39 is 0 Å². The number of hydrogen-bond acceptors (Lipinski definition) is 4. The molecular formula is C26H35N5O2. The van der Waals surface area contributed by atoms with E-state index in [1.807, 2.05) is 6.07 Å². The number of imidazole rings is 1. The summed E-state index contributed by atoms with van der Waals surface area (Å²) >= 11 is 0. The van der Waals surface area contributed by atoms with E-state index in [1.165, 1.54) is 11.1 Å². The van der Waals surface area contributed by atoms with Gasteiger partial charge in [0.2, 0.25) is 0 Å². The highest BCUT2D eigenvalue weighted by Crippen LogP contribution is 2.24. The zero-order valence-electron chi connectivity index (χ0n) is 19.9. The summed E-state index contributed by atoms with van der Waals surface area (Å²) in [5.41, 5.74) is 4.52. The van der Waals surface area contributed by atoms with Crippen molar-refractivity contribution in [2.45, 2.75) is 52.8 Å². The van der Waals surface area contributed by atoms with Gasteiger partial charge in [0.05, 0.1) is 30.8 Å². The molecule has 2 N–H and O–H groups in total. The molecule has 7 nitrogen and oxygen atoms in total. The summed E-state index contributed by atoms with van der Waals surface area (Å²) in [4.78, 5) is 9.47. The Morgan fingerprint density at radius 1 is 1.21 bits per heavy atom. The van der Waals surface area contributed by atoms with E-state index in [4.69, 9.17) is 14.5 Å². The summed E-state index contributed by atoms with van der Waals surface area (Å²) in [6, 6.07) is 14.6. The molecule has 33 heavy (non-hydrogen) atoms. The van der Waals surface area contributed by atoms with Crippen LogP contribution in [0.4, 0.5) is 0 Å². The summed E-state index contributed by atoms with van der Waals surface area (Å²) in [5.74, 6) is 2.78. The van der Waals surface area contributed by atoms with Gasteiger partial charge in [-0.25, -0.2) is 9.98 Å². The van der Waals surface area contributed by atoms with Gasteiger partial charge in [0.15, 0.2) is 5.96 Å². The lowest BCUT2D eigenvalue weighted by Gasteiger charge is -2.16. The lowest BCUT2D eigenvalue weighted by Crippen LogP contribution is -2.38. The molecule has 0 amide bonds. The molecule has 1 unspecified atom stereocenters. The first-order valence-electron chi connectivity index (χ1n) is 11.9. The Morgan fingerprint density at radius 3 is 2.91 bits per heavy atom. The molecule has 0 saturated carbocycles. The largest absolute Gasteiger partial charge is 0.488 e. The number of nitrogens with one attached hydrogen (secondary N) is 2. The Balaban J connectivity index is 1.35. The second-order valence-electron chi connectivity index (χ2n) is 8.49. The Labute approximate surface area is 196 Å². The summed E-state index contributed by atoms with van der Waals surface area (Å²) < 4.78 is 14.0. The van der Waals surface area contributed by atoms with Gasteiger partial charge in [-0.15, -0.1) is 0 Å². The van der Waals surface area contributed by atoms with Gasteiger partial charge in [0, 0.05) is 31.6 Å². The maximum absolute atomic E-state index is 6.22. The molecule has 3 aromatic rings. The minimum atomic E-state index is 0.128. The summed E-state index contributed by atoms with van der Waals surface area (Å²) in [7, 11) is 0. The molecular weight excluding hydrogens is 414 g/mol. The van der Waals surface area contributed by atoms with E-state index in [9.17, 15) is 0 Å². The third-order valence-electron chi connectivity index (χ3n) is 5.85. The summed E-state index contributed by atoms with van der Waals surface area (Å²) in [5, 5.41) is 6.82. The zero-order valence-corrected chi connectivity index (χ0v) is 19.9. The first kappa shape index (κ1) is 23.1. The molecule has 1 fully saturated rings. The highest BCUT2D eigenvalue weighted by molar-refractivity contribution is 5.79. The van der Waals surface area contributed by atoms with Gasteiger partial charge in [-0.3, -0.25) is 0 Å².